The van der Waals surface area contributed by atoms with Crippen LogP contribution in [0.1, 0.15) is 38.5 Å². The van der Waals surface area contributed by atoms with E-state index in [1.54, 1.807) is 0 Å². The van der Waals surface area contributed by atoms with Crippen LogP contribution in [0, 0.1) is 0 Å². The average Bonchev–Trinajstić information content (AvgIpc) is 2.66. The van der Waals surface area contributed by atoms with Crippen LogP contribution >= 0.6 is 15.9 Å². The molecule has 1 aliphatic carbocycles. The first-order valence-corrected chi connectivity index (χ1v) is 8.22. The first-order chi connectivity index (χ1) is 9.68. The van der Waals surface area contributed by atoms with Crippen molar-refractivity contribution in [2.75, 3.05) is 19.8 Å². The highest BCUT2D eigenvalue weighted by Crippen LogP contribution is 2.25. The quantitative estimate of drug-likeness (QED) is 0.630. The summed E-state index contributed by atoms with van der Waals surface area (Å²) in [5, 5.41) is 0. The third-order valence-electron chi connectivity index (χ3n) is 3.80. The van der Waals surface area contributed by atoms with Crippen LogP contribution in [0.2, 0.25) is 0 Å². The maximum atomic E-state index is 6.40. The summed E-state index contributed by atoms with van der Waals surface area (Å²) in [5.41, 5.74) is 6.28. The molecule has 4 heteroatoms. The molecule has 2 N–H and O–H groups in total. The Morgan fingerprint density at radius 2 is 1.65 bits per heavy atom. The molecule has 0 heterocycles. The van der Waals surface area contributed by atoms with Crippen molar-refractivity contribution in [2.45, 2.75) is 44.1 Å². The summed E-state index contributed by atoms with van der Waals surface area (Å²) in [6.45, 7) is 1.81. The summed E-state index contributed by atoms with van der Waals surface area (Å²) >= 11 is 3.40. The van der Waals surface area contributed by atoms with E-state index in [1.165, 1.54) is 25.7 Å². The molecule has 1 aromatic rings. The zero-order valence-corrected chi connectivity index (χ0v) is 13.5. The molecular formula is C16H24BrNO2. The number of ether oxygens (including phenoxy) is 2. The van der Waals surface area contributed by atoms with Crippen LogP contribution in [-0.2, 0) is 4.74 Å². The number of hydrogen-bond donors (Lipinski definition) is 1. The second-order valence-electron chi connectivity index (χ2n) is 5.63. The molecule has 0 saturated heterocycles. The first kappa shape index (κ1) is 15.8. The van der Waals surface area contributed by atoms with Gasteiger partial charge in [-0.15, -0.1) is 0 Å². The molecule has 112 valence electrons. The van der Waals surface area contributed by atoms with Crippen molar-refractivity contribution in [2.24, 2.45) is 5.73 Å². The Morgan fingerprint density at radius 3 is 2.30 bits per heavy atom. The summed E-state index contributed by atoms with van der Waals surface area (Å²) < 4.78 is 12.4. The largest absolute Gasteiger partial charge is 0.491 e. The normalized spacial score (nSPS) is 18.5. The molecule has 1 saturated carbocycles. The van der Waals surface area contributed by atoms with Gasteiger partial charge in [0.2, 0.25) is 0 Å². The molecule has 1 aliphatic rings. The molecule has 0 bridgehead atoms. The van der Waals surface area contributed by atoms with E-state index in [0.29, 0.717) is 19.8 Å². The highest BCUT2D eigenvalue weighted by Gasteiger charge is 2.26. The predicted octanol–water partition coefficient (Wildman–Crippen LogP) is 3.90. The van der Waals surface area contributed by atoms with Crippen molar-refractivity contribution >= 4 is 15.9 Å². The number of benzene rings is 1. The van der Waals surface area contributed by atoms with Crippen LogP contribution in [0.4, 0.5) is 0 Å². The molecule has 1 fully saturated rings. The number of halogens is 1. The number of rotatable bonds is 6. The van der Waals surface area contributed by atoms with E-state index in [9.17, 15) is 0 Å². The van der Waals surface area contributed by atoms with Gasteiger partial charge in [-0.2, -0.15) is 0 Å². The van der Waals surface area contributed by atoms with Crippen LogP contribution in [-0.4, -0.2) is 25.4 Å². The van der Waals surface area contributed by atoms with Gasteiger partial charge in [0.05, 0.1) is 13.2 Å². The fourth-order valence-electron chi connectivity index (χ4n) is 2.60. The molecule has 0 unspecified atom stereocenters. The molecule has 0 aromatic heterocycles. The van der Waals surface area contributed by atoms with E-state index in [4.69, 9.17) is 15.2 Å². The molecule has 20 heavy (non-hydrogen) atoms. The van der Waals surface area contributed by atoms with Gasteiger partial charge < -0.3 is 15.2 Å². The smallest absolute Gasteiger partial charge is 0.119 e. The first-order valence-electron chi connectivity index (χ1n) is 7.43. The van der Waals surface area contributed by atoms with Gasteiger partial charge in [-0.3, -0.25) is 0 Å². The number of hydrogen-bond acceptors (Lipinski definition) is 3. The van der Waals surface area contributed by atoms with Gasteiger partial charge in [-0.05, 0) is 37.1 Å². The summed E-state index contributed by atoms with van der Waals surface area (Å²) in [7, 11) is 0. The SMILES string of the molecule is NC1(COCCOc2ccc(Br)cc2)CCCCCC1. The molecule has 2 rings (SSSR count). The minimum absolute atomic E-state index is 0.117. The maximum Gasteiger partial charge on any atom is 0.119 e. The van der Waals surface area contributed by atoms with Crippen LogP contribution in [0.25, 0.3) is 0 Å². The molecule has 0 atom stereocenters. The van der Waals surface area contributed by atoms with Crippen molar-refractivity contribution < 1.29 is 9.47 Å². The second-order valence-corrected chi connectivity index (χ2v) is 6.55. The van der Waals surface area contributed by atoms with Gasteiger partial charge in [0, 0.05) is 10.0 Å². The van der Waals surface area contributed by atoms with Crippen LogP contribution < -0.4 is 10.5 Å². The highest BCUT2D eigenvalue weighted by atomic mass is 79.9. The van der Waals surface area contributed by atoms with Crippen LogP contribution in [0.3, 0.4) is 0 Å². The van der Waals surface area contributed by atoms with Gasteiger partial charge >= 0.3 is 0 Å². The van der Waals surface area contributed by atoms with Gasteiger partial charge in [0.25, 0.3) is 0 Å². The van der Waals surface area contributed by atoms with Crippen LogP contribution in [0.5, 0.6) is 5.75 Å². The second kappa shape index (κ2) is 8.01. The van der Waals surface area contributed by atoms with Crippen molar-refractivity contribution in [3.05, 3.63) is 28.7 Å². The summed E-state index contributed by atoms with van der Waals surface area (Å²) in [4.78, 5) is 0. The Morgan fingerprint density at radius 1 is 1.00 bits per heavy atom. The minimum atomic E-state index is -0.117. The van der Waals surface area contributed by atoms with Crippen molar-refractivity contribution in [3.8, 4) is 5.75 Å². The van der Waals surface area contributed by atoms with Gasteiger partial charge in [0.1, 0.15) is 12.4 Å². The van der Waals surface area contributed by atoms with Crippen molar-refractivity contribution in [1.29, 1.82) is 0 Å². The van der Waals surface area contributed by atoms with Crippen LogP contribution in [0.15, 0.2) is 28.7 Å². The van der Waals surface area contributed by atoms with Gasteiger partial charge in [-0.25, -0.2) is 0 Å². The zero-order valence-electron chi connectivity index (χ0n) is 11.9. The Kier molecular flexibility index (Phi) is 6.33. The van der Waals surface area contributed by atoms with Crippen molar-refractivity contribution in [1.82, 2.24) is 0 Å². The Hall–Kier alpha value is -0.580. The fraction of sp³-hybridized carbons (Fsp3) is 0.625. The molecule has 3 nitrogen and oxygen atoms in total. The summed E-state index contributed by atoms with van der Waals surface area (Å²) in [6, 6.07) is 7.83. The lowest BCUT2D eigenvalue weighted by Gasteiger charge is -2.27. The van der Waals surface area contributed by atoms with E-state index in [1.807, 2.05) is 24.3 Å². The maximum absolute atomic E-state index is 6.40. The highest BCUT2D eigenvalue weighted by molar-refractivity contribution is 9.10. The molecule has 0 radical (unpaired) electrons. The molecule has 1 aromatic carbocycles. The molecule has 0 aliphatic heterocycles. The van der Waals surface area contributed by atoms with Gasteiger partial charge in [0.15, 0.2) is 0 Å². The fourth-order valence-corrected chi connectivity index (χ4v) is 2.87. The number of nitrogens with two attached hydrogens (primary N) is 1. The molecular weight excluding hydrogens is 318 g/mol. The Labute approximate surface area is 130 Å². The minimum Gasteiger partial charge on any atom is -0.491 e. The van der Waals surface area contributed by atoms with Gasteiger partial charge in [-0.1, -0.05) is 41.6 Å². The molecule has 0 amide bonds. The van der Waals surface area contributed by atoms with E-state index in [2.05, 4.69) is 15.9 Å². The Balaban J connectivity index is 1.62. The Bertz CT molecular complexity index is 386. The third kappa shape index (κ3) is 5.43. The third-order valence-corrected chi connectivity index (χ3v) is 4.33. The van der Waals surface area contributed by atoms with E-state index < -0.39 is 0 Å². The van der Waals surface area contributed by atoms with Crippen molar-refractivity contribution in [3.63, 3.8) is 0 Å². The lowest BCUT2D eigenvalue weighted by Crippen LogP contribution is -2.44. The average molecular weight is 342 g/mol. The van der Waals surface area contributed by atoms with E-state index in [-0.39, 0.29) is 5.54 Å². The standard InChI is InChI=1S/C16H24BrNO2/c17-14-5-7-15(8-6-14)20-12-11-19-13-16(18)9-3-1-2-4-10-16/h5-8H,1-4,9-13,18H2. The lowest BCUT2D eigenvalue weighted by molar-refractivity contribution is 0.0575. The summed E-state index contributed by atoms with van der Waals surface area (Å²) in [5.74, 6) is 0.869. The molecule has 0 spiro atoms. The monoisotopic (exact) mass is 341 g/mol. The lowest BCUT2D eigenvalue weighted by atomic mass is 9.93. The topological polar surface area (TPSA) is 44.5 Å². The van der Waals surface area contributed by atoms with E-state index in [0.717, 1.165) is 23.1 Å². The zero-order chi connectivity index (χ0) is 14.3. The van der Waals surface area contributed by atoms with E-state index >= 15 is 0 Å². The summed E-state index contributed by atoms with van der Waals surface area (Å²) in [6.07, 6.45) is 7.25. The predicted molar refractivity (Wildman–Crippen MR) is 85.1 cm³/mol.